The maximum absolute atomic E-state index is 12.0. The molecule has 0 unspecified atom stereocenters. The van der Waals surface area contributed by atoms with Gasteiger partial charge in [-0.1, -0.05) is 49.5 Å². The fraction of sp³-hybridized carbons (Fsp3) is 0.538. The molecule has 0 aliphatic heterocycles. The Kier molecular flexibility index (Phi) is 5.62. The van der Waals surface area contributed by atoms with Crippen LogP contribution in [-0.4, -0.2) is 28.4 Å². The largest absolute Gasteiger partial charge is 0.405 e. The molecule has 8 heteroatoms. The van der Waals surface area contributed by atoms with Gasteiger partial charge in [-0.05, 0) is 11.6 Å². The highest BCUT2D eigenvalue weighted by atomic mass is 32.2. The molecule has 0 fully saturated rings. The number of hydrogen-bond acceptors (Lipinski definition) is 3. The van der Waals surface area contributed by atoms with Crippen molar-refractivity contribution in [2.75, 3.05) is 5.75 Å². The van der Waals surface area contributed by atoms with Gasteiger partial charge in [-0.15, -0.1) is 0 Å². The molecule has 120 valence electrons. The van der Waals surface area contributed by atoms with Crippen molar-refractivity contribution in [3.05, 3.63) is 35.4 Å². The highest BCUT2D eigenvalue weighted by molar-refractivity contribution is 7.86. The first kappa shape index (κ1) is 18.2. The molecular weight excluding hydrogens is 321 g/mol. The van der Waals surface area contributed by atoms with E-state index in [0.29, 0.717) is 5.56 Å². The lowest BCUT2D eigenvalue weighted by molar-refractivity contribution is -0.107. The van der Waals surface area contributed by atoms with Gasteiger partial charge in [-0.2, -0.15) is 21.6 Å². The number of rotatable bonds is 6. The van der Waals surface area contributed by atoms with E-state index in [-0.39, 0.29) is 6.61 Å². The van der Waals surface area contributed by atoms with Crippen molar-refractivity contribution < 1.29 is 25.8 Å². The molecule has 0 aliphatic carbocycles. The lowest BCUT2D eigenvalue weighted by Gasteiger charge is -2.15. The van der Waals surface area contributed by atoms with Crippen LogP contribution in [0.4, 0.5) is 13.2 Å². The van der Waals surface area contributed by atoms with E-state index in [1.165, 1.54) is 0 Å². The quantitative estimate of drug-likeness (QED) is 0.588. The molecule has 0 aromatic heterocycles. The summed E-state index contributed by atoms with van der Waals surface area (Å²) in [7, 11) is -5.84. The van der Waals surface area contributed by atoms with Gasteiger partial charge in [0.15, 0.2) is 5.75 Å². The maximum atomic E-state index is 12.0. The van der Waals surface area contributed by atoms with E-state index >= 15 is 0 Å². The summed E-state index contributed by atoms with van der Waals surface area (Å²) in [5.41, 5.74) is 1.66. The minimum absolute atomic E-state index is 0.383. The second kappa shape index (κ2) is 6.49. The van der Waals surface area contributed by atoms with Crippen LogP contribution in [0.3, 0.4) is 0 Å². The monoisotopic (exact) mass is 340 g/mol. The molecule has 0 N–H and O–H groups in total. The lowest BCUT2D eigenvalue weighted by Crippen LogP contribution is -2.24. The van der Waals surface area contributed by atoms with Crippen LogP contribution in [0.5, 0.6) is 0 Å². The van der Waals surface area contributed by atoms with Crippen molar-refractivity contribution in [3.8, 4) is 0 Å². The highest BCUT2D eigenvalue weighted by Crippen LogP contribution is 2.19. The van der Waals surface area contributed by atoms with Gasteiger partial charge in [0.1, 0.15) is 0 Å². The third-order valence-corrected chi connectivity index (χ3v) is 5.13. The van der Waals surface area contributed by atoms with Gasteiger partial charge >= 0.3 is 6.18 Å². The Hall–Kier alpha value is -0.863. The molecule has 0 aliphatic rings. The van der Waals surface area contributed by atoms with Crippen LogP contribution in [0.15, 0.2) is 24.3 Å². The van der Waals surface area contributed by atoms with Gasteiger partial charge < -0.3 is 0 Å². The van der Waals surface area contributed by atoms with E-state index in [2.05, 4.69) is 23.8 Å². The number of halogens is 3. The minimum atomic E-state index is -4.79. The number of alkyl halides is 3. The summed E-state index contributed by atoms with van der Waals surface area (Å²) < 4.78 is 62.8. The van der Waals surface area contributed by atoms with Crippen LogP contribution >= 0.6 is 0 Å². The third-order valence-electron chi connectivity index (χ3n) is 2.50. The Balaban J connectivity index is 2.61. The predicted molar refractivity (Wildman–Crippen MR) is 78.1 cm³/mol. The second-order valence-electron chi connectivity index (χ2n) is 6.13. The zero-order valence-electron chi connectivity index (χ0n) is 12.2. The van der Waals surface area contributed by atoms with Crippen molar-refractivity contribution in [1.29, 1.82) is 0 Å². The molecule has 1 aromatic rings. The van der Waals surface area contributed by atoms with Crippen LogP contribution in [0.2, 0.25) is 19.6 Å². The Morgan fingerprint density at radius 3 is 1.95 bits per heavy atom. The molecule has 0 saturated heterocycles. The summed E-state index contributed by atoms with van der Waals surface area (Å²) in [5.74, 6) is -1.96. The van der Waals surface area contributed by atoms with Crippen molar-refractivity contribution in [1.82, 2.24) is 0 Å². The average molecular weight is 340 g/mol. The van der Waals surface area contributed by atoms with Crippen LogP contribution < -0.4 is 0 Å². The van der Waals surface area contributed by atoms with E-state index < -0.39 is 30.1 Å². The summed E-state index contributed by atoms with van der Waals surface area (Å²) in [4.78, 5) is 0. The van der Waals surface area contributed by atoms with Gasteiger partial charge in [-0.3, -0.25) is 4.18 Å². The molecule has 3 nitrogen and oxygen atoms in total. The minimum Gasteiger partial charge on any atom is -0.265 e. The summed E-state index contributed by atoms with van der Waals surface area (Å²) >= 11 is 0. The normalized spacial score (nSPS) is 13.4. The zero-order valence-corrected chi connectivity index (χ0v) is 14.0. The zero-order chi connectivity index (χ0) is 16.3. The summed E-state index contributed by atoms with van der Waals surface area (Å²) in [6.07, 6.45) is -4.79. The van der Waals surface area contributed by atoms with Crippen LogP contribution in [0, 0.1) is 0 Å². The Morgan fingerprint density at radius 2 is 1.52 bits per heavy atom. The van der Waals surface area contributed by atoms with Gasteiger partial charge in [0.05, 0.1) is 6.61 Å². The molecule has 21 heavy (non-hydrogen) atoms. The topological polar surface area (TPSA) is 43.4 Å². The lowest BCUT2D eigenvalue weighted by atomic mass is 10.2. The summed E-state index contributed by atoms with van der Waals surface area (Å²) in [6, 6.07) is 8.05. The van der Waals surface area contributed by atoms with E-state index in [4.69, 9.17) is 0 Å². The van der Waals surface area contributed by atoms with E-state index in [0.717, 1.165) is 11.6 Å². The van der Waals surface area contributed by atoms with Crippen molar-refractivity contribution >= 4 is 18.2 Å². The Morgan fingerprint density at radius 1 is 1.05 bits per heavy atom. The first-order valence-electron chi connectivity index (χ1n) is 6.38. The van der Waals surface area contributed by atoms with Crippen molar-refractivity contribution in [2.45, 2.75) is 38.5 Å². The van der Waals surface area contributed by atoms with Gasteiger partial charge in [0, 0.05) is 8.07 Å². The molecule has 1 rings (SSSR count). The average Bonchev–Trinajstić information content (AvgIpc) is 2.23. The fourth-order valence-corrected chi connectivity index (χ4v) is 4.03. The molecule has 0 spiro atoms. The van der Waals surface area contributed by atoms with Crippen LogP contribution in [-0.2, 0) is 27.0 Å². The Bertz CT molecular complexity index is 560. The molecule has 0 amide bonds. The highest BCUT2D eigenvalue weighted by Gasteiger charge is 2.35. The van der Waals surface area contributed by atoms with E-state index in [1.807, 2.05) is 12.1 Å². The Labute approximate surface area is 124 Å². The summed E-state index contributed by atoms with van der Waals surface area (Å²) in [5, 5.41) is 0. The van der Waals surface area contributed by atoms with Crippen LogP contribution in [0.25, 0.3) is 0 Å². The van der Waals surface area contributed by atoms with Crippen molar-refractivity contribution in [3.63, 3.8) is 0 Å². The van der Waals surface area contributed by atoms with Crippen molar-refractivity contribution in [2.24, 2.45) is 0 Å². The third kappa shape index (κ3) is 8.23. The predicted octanol–water partition coefficient (Wildman–Crippen LogP) is 3.52. The second-order valence-corrected chi connectivity index (χ2v) is 13.2. The molecule has 0 heterocycles. The summed E-state index contributed by atoms with van der Waals surface area (Å²) in [6.45, 7) is 6.31. The standard InChI is InChI=1S/C13H19F3O3SSi/c1-21(2,3)9-12-6-4-11(5-7-12)8-19-20(17,18)10-13(14,15)16/h4-7H,8-10H2,1-3H3. The molecule has 1 aromatic carbocycles. The number of hydrogen-bond donors (Lipinski definition) is 0. The maximum Gasteiger partial charge on any atom is 0.405 e. The molecule has 0 bridgehead atoms. The van der Waals surface area contributed by atoms with E-state index in [9.17, 15) is 21.6 Å². The van der Waals surface area contributed by atoms with Gasteiger partial charge in [0.2, 0.25) is 0 Å². The molecule has 0 atom stereocenters. The van der Waals surface area contributed by atoms with Gasteiger partial charge in [-0.25, -0.2) is 0 Å². The first-order valence-corrected chi connectivity index (χ1v) is 11.7. The first-order chi connectivity index (χ1) is 9.36. The van der Waals surface area contributed by atoms with E-state index in [1.54, 1.807) is 12.1 Å². The molecule has 0 radical (unpaired) electrons. The molecular formula is C13H19F3O3SSi. The smallest absolute Gasteiger partial charge is 0.265 e. The molecule has 0 saturated carbocycles. The fourth-order valence-electron chi connectivity index (χ4n) is 1.77. The van der Waals surface area contributed by atoms with Crippen LogP contribution in [0.1, 0.15) is 11.1 Å². The van der Waals surface area contributed by atoms with Gasteiger partial charge in [0.25, 0.3) is 10.1 Å². The SMILES string of the molecule is C[Si](C)(C)Cc1ccc(COS(=O)(=O)CC(F)(F)F)cc1. The number of benzene rings is 1.